The SMILES string of the molecule is COc1ccc(CNS(=O)(=O)c2cc(OC)c(OC)cc2C)cc1OC. The van der Waals surface area contributed by atoms with Crippen LogP contribution in [0.4, 0.5) is 0 Å². The molecule has 2 aromatic rings. The van der Waals surface area contributed by atoms with Crippen LogP contribution in [0.25, 0.3) is 0 Å². The minimum Gasteiger partial charge on any atom is -0.493 e. The van der Waals surface area contributed by atoms with Gasteiger partial charge in [-0.2, -0.15) is 0 Å². The Kier molecular flexibility index (Phi) is 6.33. The van der Waals surface area contributed by atoms with Gasteiger partial charge in [-0.1, -0.05) is 6.07 Å². The normalized spacial score (nSPS) is 11.1. The Hall–Kier alpha value is -2.45. The lowest BCUT2D eigenvalue weighted by Gasteiger charge is -2.14. The number of hydrogen-bond acceptors (Lipinski definition) is 6. The zero-order valence-electron chi connectivity index (χ0n) is 15.5. The Balaban J connectivity index is 2.27. The van der Waals surface area contributed by atoms with E-state index in [1.807, 2.05) is 0 Å². The van der Waals surface area contributed by atoms with Crippen LogP contribution in [0.2, 0.25) is 0 Å². The lowest BCUT2D eigenvalue weighted by molar-refractivity contribution is 0.353. The molecule has 2 aromatic carbocycles. The summed E-state index contributed by atoms with van der Waals surface area (Å²) < 4.78 is 48.8. The summed E-state index contributed by atoms with van der Waals surface area (Å²) in [6, 6.07) is 8.30. The molecule has 0 amide bonds. The van der Waals surface area contributed by atoms with E-state index in [1.54, 1.807) is 38.3 Å². The number of ether oxygens (including phenoxy) is 4. The molecule has 0 bridgehead atoms. The van der Waals surface area contributed by atoms with E-state index in [0.29, 0.717) is 28.6 Å². The topological polar surface area (TPSA) is 83.1 Å². The van der Waals surface area contributed by atoms with Crippen molar-refractivity contribution >= 4 is 10.0 Å². The van der Waals surface area contributed by atoms with E-state index in [4.69, 9.17) is 18.9 Å². The molecule has 8 heteroatoms. The van der Waals surface area contributed by atoms with Gasteiger partial charge in [0.05, 0.1) is 33.3 Å². The third-order valence-electron chi connectivity index (χ3n) is 3.88. The van der Waals surface area contributed by atoms with Gasteiger partial charge < -0.3 is 18.9 Å². The van der Waals surface area contributed by atoms with Crippen molar-refractivity contribution in [2.75, 3.05) is 28.4 Å². The Labute approximate surface area is 153 Å². The van der Waals surface area contributed by atoms with Crippen LogP contribution in [0.3, 0.4) is 0 Å². The van der Waals surface area contributed by atoms with Crippen molar-refractivity contribution in [1.82, 2.24) is 4.72 Å². The summed E-state index contributed by atoms with van der Waals surface area (Å²) in [5.74, 6) is 1.94. The van der Waals surface area contributed by atoms with Crippen molar-refractivity contribution in [3.63, 3.8) is 0 Å². The number of hydrogen-bond donors (Lipinski definition) is 1. The van der Waals surface area contributed by atoms with E-state index in [-0.39, 0.29) is 11.4 Å². The van der Waals surface area contributed by atoms with Crippen molar-refractivity contribution in [2.24, 2.45) is 0 Å². The average Bonchev–Trinajstić information content (AvgIpc) is 2.65. The molecule has 2 rings (SSSR count). The molecule has 0 fully saturated rings. The zero-order valence-corrected chi connectivity index (χ0v) is 16.3. The molecule has 0 radical (unpaired) electrons. The second kappa shape index (κ2) is 8.29. The van der Waals surface area contributed by atoms with Gasteiger partial charge in [-0.15, -0.1) is 0 Å². The molecule has 0 spiro atoms. The van der Waals surface area contributed by atoms with Gasteiger partial charge in [-0.05, 0) is 36.2 Å². The van der Waals surface area contributed by atoms with Crippen LogP contribution in [0.5, 0.6) is 23.0 Å². The summed E-state index contributed by atoms with van der Waals surface area (Å²) in [6.07, 6.45) is 0. The minimum atomic E-state index is -3.74. The van der Waals surface area contributed by atoms with Crippen LogP contribution in [-0.4, -0.2) is 36.9 Å². The van der Waals surface area contributed by atoms with Crippen molar-refractivity contribution in [1.29, 1.82) is 0 Å². The molecule has 142 valence electrons. The molecule has 0 saturated heterocycles. The smallest absolute Gasteiger partial charge is 0.241 e. The molecule has 1 N–H and O–H groups in total. The first-order valence-corrected chi connectivity index (χ1v) is 9.27. The van der Waals surface area contributed by atoms with Gasteiger partial charge >= 0.3 is 0 Å². The van der Waals surface area contributed by atoms with Gasteiger partial charge in [0.15, 0.2) is 23.0 Å². The van der Waals surface area contributed by atoms with Crippen molar-refractivity contribution < 1.29 is 27.4 Å². The first-order chi connectivity index (χ1) is 12.4. The van der Waals surface area contributed by atoms with Gasteiger partial charge in [0.1, 0.15) is 0 Å². The van der Waals surface area contributed by atoms with Crippen LogP contribution in [-0.2, 0) is 16.6 Å². The van der Waals surface area contributed by atoms with Gasteiger partial charge in [0, 0.05) is 12.6 Å². The minimum absolute atomic E-state index is 0.108. The highest BCUT2D eigenvalue weighted by atomic mass is 32.2. The number of methoxy groups -OCH3 is 4. The van der Waals surface area contributed by atoms with E-state index >= 15 is 0 Å². The molecule has 0 heterocycles. The molecule has 0 aromatic heterocycles. The fraction of sp³-hybridized carbons (Fsp3) is 0.333. The predicted molar refractivity (Wildman–Crippen MR) is 97.9 cm³/mol. The molecular weight excluding hydrogens is 358 g/mol. The maximum atomic E-state index is 12.7. The predicted octanol–water partition coefficient (Wildman–Crippen LogP) is 2.51. The summed E-state index contributed by atoms with van der Waals surface area (Å²) in [7, 11) is 2.29. The Bertz CT molecular complexity index is 879. The zero-order chi connectivity index (χ0) is 19.3. The quantitative estimate of drug-likeness (QED) is 0.757. The van der Waals surface area contributed by atoms with Crippen LogP contribution < -0.4 is 23.7 Å². The number of sulfonamides is 1. The van der Waals surface area contributed by atoms with E-state index in [9.17, 15) is 8.42 Å². The summed E-state index contributed by atoms with van der Waals surface area (Å²) >= 11 is 0. The average molecular weight is 381 g/mol. The first kappa shape index (κ1) is 19.9. The van der Waals surface area contributed by atoms with Gasteiger partial charge in [0.25, 0.3) is 0 Å². The van der Waals surface area contributed by atoms with Gasteiger partial charge in [0.2, 0.25) is 10.0 Å². The monoisotopic (exact) mass is 381 g/mol. The molecule has 7 nitrogen and oxygen atoms in total. The lowest BCUT2D eigenvalue weighted by atomic mass is 10.2. The van der Waals surface area contributed by atoms with E-state index in [0.717, 1.165) is 5.56 Å². The second-order valence-corrected chi connectivity index (χ2v) is 7.22. The highest BCUT2D eigenvalue weighted by molar-refractivity contribution is 7.89. The Morgan fingerprint density at radius 3 is 1.92 bits per heavy atom. The summed E-state index contributed by atoms with van der Waals surface area (Å²) in [4.78, 5) is 0.135. The molecule has 26 heavy (non-hydrogen) atoms. The van der Waals surface area contributed by atoms with Crippen molar-refractivity contribution in [3.05, 3.63) is 41.5 Å². The number of rotatable bonds is 8. The lowest BCUT2D eigenvalue weighted by Crippen LogP contribution is -2.24. The Morgan fingerprint density at radius 2 is 1.35 bits per heavy atom. The maximum absolute atomic E-state index is 12.7. The maximum Gasteiger partial charge on any atom is 0.241 e. The molecule has 0 aliphatic carbocycles. The van der Waals surface area contributed by atoms with Gasteiger partial charge in [-0.3, -0.25) is 0 Å². The van der Waals surface area contributed by atoms with Crippen molar-refractivity contribution in [3.8, 4) is 23.0 Å². The largest absolute Gasteiger partial charge is 0.493 e. The number of benzene rings is 2. The third-order valence-corrected chi connectivity index (χ3v) is 5.43. The molecule has 0 aliphatic heterocycles. The van der Waals surface area contributed by atoms with E-state index in [1.165, 1.54) is 27.4 Å². The fourth-order valence-electron chi connectivity index (χ4n) is 2.50. The Morgan fingerprint density at radius 1 is 0.808 bits per heavy atom. The number of nitrogens with one attached hydrogen (secondary N) is 1. The van der Waals surface area contributed by atoms with Crippen LogP contribution >= 0.6 is 0 Å². The first-order valence-electron chi connectivity index (χ1n) is 7.79. The highest BCUT2D eigenvalue weighted by Gasteiger charge is 2.20. The summed E-state index contributed by atoms with van der Waals surface area (Å²) in [6.45, 7) is 1.81. The molecular formula is C18H23NO6S. The van der Waals surface area contributed by atoms with Crippen LogP contribution in [0.1, 0.15) is 11.1 Å². The summed E-state index contributed by atoms with van der Waals surface area (Å²) in [5, 5.41) is 0. The van der Waals surface area contributed by atoms with Crippen LogP contribution in [0, 0.1) is 6.92 Å². The van der Waals surface area contributed by atoms with E-state index < -0.39 is 10.0 Å². The fourth-order valence-corrected chi connectivity index (χ4v) is 3.76. The van der Waals surface area contributed by atoms with E-state index in [2.05, 4.69) is 4.72 Å². The molecule has 0 unspecified atom stereocenters. The highest BCUT2D eigenvalue weighted by Crippen LogP contribution is 2.32. The molecule has 0 atom stereocenters. The van der Waals surface area contributed by atoms with Crippen LogP contribution in [0.15, 0.2) is 35.2 Å². The molecule has 0 saturated carbocycles. The second-order valence-electron chi connectivity index (χ2n) is 5.49. The third kappa shape index (κ3) is 4.20. The number of aryl methyl sites for hydroxylation is 1. The van der Waals surface area contributed by atoms with Gasteiger partial charge in [-0.25, -0.2) is 13.1 Å². The summed E-state index contributed by atoms with van der Waals surface area (Å²) in [5.41, 5.74) is 1.30. The standard InChI is InChI=1S/C18H23NO6S/c1-12-8-15(23-3)17(25-5)10-18(12)26(20,21)19-11-13-6-7-14(22-2)16(9-13)24-4/h6-10,19H,11H2,1-5H3. The van der Waals surface area contributed by atoms with Crippen molar-refractivity contribution in [2.45, 2.75) is 18.4 Å². The molecule has 0 aliphatic rings.